The van der Waals surface area contributed by atoms with Gasteiger partial charge in [0.25, 0.3) is 0 Å². The fraction of sp³-hybridized carbons (Fsp3) is 0.571. The minimum absolute atomic E-state index is 0.255. The van der Waals surface area contributed by atoms with Gasteiger partial charge in [-0.25, -0.2) is 4.39 Å². The zero-order valence-electron chi connectivity index (χ0n) is 11.6. The molecule has 0 saturated heterocycles. The van der Waals surface area contributed by atoms with Crippen LogP contribution in [0.1, 0.15) is 18.9 Å². The molecule has 0 bridgehead atoms. The van der Waals surface area contributed by atoms with Gasteiger partial charge in [-0.2, -0.15) is 0 Å². The van der Waals surface area contributed by atoms with Gasteiger partial charge < -0.3 is 10.6 Å². The Kier molecular flexibility index (Phi) is 6.09. The second-order valence-corrected chi connectivity index (χ2v) is 4.92. The summed E-state index contributed by atoms with van der Waals surface area (Å²) in [6.45, 7) is 5.93. The van der Waals surface area contributed by atoms with Crippen LogP contribution in [0.25, 0.3) is 0 Å². The monoisotopic (exact) mass is 253 g/mol. The molecule has 18 heavy (non-hydrogen) atoms. The van der Waals surface area contributed by atoms with Crippen LogP contribution >= 0.6 is 0 Å². The number of anilines is 1. The Hall–Kier alpha value is -1.13. The van der Waals surface area contributed by atoms with Crippen LogP contribution in [0.4, 0.5) is 10.1 Å². The predicted molar refractivity (Wildman–Crippen MR) is 74.9 cm³/mol. The van der Waals surface area contributed by atoms with E-state index in [2.05, 4.69) is 30.8 Å². The van der Waals surface area contributed by atoms with E-state index in [1.165, 1.54) is 6.07 Å². The van der Waals surface area contributed by atoms with Crippen molar-refractivity contribution in [3.8, 4) is 0 Å². The Morgan fingerprint density at radius 2 is 1.89 bits per heavy atom. The smallest absolute Gasteiger partial charge is 0.125 e. The third-order valence-corrected chi connectivity index (χ3v) is 2.91. The first-order chi connectivity index (χ1) is 8.51. The Morgan fingerprint density at radius 1 is 1.17 bits per heavy atom. The molecule has 0 aliphatic heterocycles. The van der Waals surface area contributed by atoms with Gasteiger partial charge in [-0.05, 0) is 63.9 Å². The number of rotatable bonds is 7. The molecule has 1 rings (SSSR count). The van der Waals surface area contributed by atoms with Crippen molar-refractivity contribution in [3.05, 3.63) is 29.6 Å². The van der Waals surface area contributed by atoms with E-state index >= 15 is 0 Å². The highest BCUT2D eigenvalue weighted by atomic mass is 19.1. The lowest BCUT2D eigenvalue weighted by atomic mass is 10.2. The zero-order chi connectivity index (χ0) is 13.5. The fourth-order valence-corrected chi connectivity index (χ4v) is 1.98. The van der Waals surface area contributed by atoms with E-state index in [0.29, 0.717) is 5.69 Å². The standard InChI is InChI=1S/C14H24FN3/c1-4-18(7-5-6-17(2)3)11-12-8-13(15)10-14(16)9-12/h8-10H,4-7,11,16H2,1-3H3. The molecule has 1 aromatic rings. The van der Waals surface area contributed by atoms with Crippen LogP contribution in [0.3, 0.4) is 0 Å². The number of hydrogen-bond donors (Lipinski definition) is 1. The average Bonchev–Trinajstić information content (AvgIpc) is 2.25. The van der Waals surface area contributed by atoms with Gasteiger partial charge in [0.1, 0.15) is 5.82 Å². The van der Waals surface area contributed by atoms with Crippen molar-refractivity contribution in [2.24, 2.45) is 0 Å². The molecule has 0 heterocycles. The Morgan fingerprint density at radius 3 is 2.44 bits per heavy atom. The number of hydrogen-bond acceptors (Lipinski definition) is 3. The van der Waals surface area contributed by atoms with Crippen molar-refractivity contribution in [2.75, 3.05) is 39.5 Å². The SMILES string of the molecule is CCN(CCCN(C)C)Cc1cc(N)cc(F)c1. The number of benzene rings is 1. The summed E-state index contributed by atoms with van der Waals surface area (Å²) in [6.07, 6.45) is 1.12. The molecule has 0 fully saturated rings. The fourth-order valence-electron chi connectivity index (χ4n) is 1.98. The zero-order valence-corrected chi connectivity index (χ0v) is 11.6. The quantitative estimate of drug-likeness (QED) is 0.756. The lowest BCUT2D eigenvalue weighted by Gasteiger charge is -2.21. The maximum Gasteiger partial charge on any atom is 0.125 e. The van der Waals surface area contributed by atoms with Gasteiger partial charge >= 0.3 is 0 Å². The molecular weight excluding hydrogens is 229 g/mol. The second kappa shape index (κ2) is 7.34. The molecule has 0 aliphatic rings. The van der Waals surface area contributed by atoms with Crippen LogP contribution in [-0.4, -0.2) is 43.5 Å². The van der Waals surface area contributed by atoms with Crippen molar-refractivity contribution in [1.29, 1.82) is 0 Å². The number of nitrogens with two attached hydrogens (primary N) is 1. The molecular formula is C14H24FN3. The lowest BCUT2D eigenvalue weighted by Crippen LogP contribution is -2.27. The Labute approximate surface area is 109 Å². The first-order valence-electron chi connectivity index (χ1n) is 6.43. The van der Waals surface area contributed by atoms with Gasteiger partial charge in [-0.3, -0.25) is 4.90 Å². The van der Waals surface area contributed by atoms with Crippen LogP contribution in [0.15, 0.2) is 18.2 Å². The van der Waals surface area contributed by atoms with E-state index in [0.717, 1.165) is 38.2 Å². The summed E-state index contributed by atoms with van der Waals surface area (Å²) >= 11 is 0. The molecule has 0 amide bonds. The van der Waals surface area contributed by atoms with Crippen LogP contribution in [-0.2, 0) is 6.54 Å². The molecule has 0 saturated carbocycles. The van der Waals surface area contributed by atoms with E-state index in [9.17, 15) is 4.39 Å². The minimum Gasteiger partial charge on any atom is -0.399 e. The molecule has 0 radical (unpaired) electrons. The average molecular weight is 253 g/mol. The Bertz CT molecular complexity index is 346. The first kappa shape index (κ1) is 14.9. The number of nitrogen functional groups attached to an aromatic ring is 1. The van der Waals surface area contributed by atoms with Gasteiger partial charge in [0, 0.05) is 12.2 Å². The normalized spacial score (nSPS) is 11.4. The highest BCUT2D eigenvalue weighted by Gasteiger charge is 2.06. The van der Waals surface area contributed by atoms with Crippen LogP contribution < -0.4 is 5.73 Å². The molecule has 102 valence electrons. The van der Waals surface area contributed by atoms with Gasteiger partial charge in [-0.15, -0.1) is 0 Å². The second-order valence-electron chi connectivity index (χ2n) is 4.92. The molecule has 0 unspecified atom stereocenters. The summed E-state index contributed by atoms with van der Waals surface area (Å²) in [6, 6.07) is 4.76. The van der Waals surface area contributed by atoms with Crippen molar-refractivity contribution < 1.29 is 4.39 Å². The largest absolute Gasteiger partial charge is 0.399 e. The van der Waals surface area contributed by atoms with Crippen molar-refractivity contribution >= 4 is 5.69 Å². The van der Waals surface area contributed by atoms with E-state index < -0.39 is 0 Å². The van der Waals surface area contributed by atoms with Gasteiger partial charge in [0.05, 0.1) is 0 Å². The van der Waals surface area contributed by atoms with Gasteiger partial charge in [0.15, 0.2) is 0 Å². The van der Waals surface area contributed by atoms with Crippen LogP contribution in [0.5, 0.6) is 0 Å². The van der Waals surface area contributed by atoms with E-state index in [-0.39, 0.29) is 5.82 Å². The molecule has 4 heteroatoms. The number of nitrogens with zero attached hydrogens (tertiary/aromatic N) is 2. The highest BCUT2D eigenvalue weighted by molar-refractivity contribution is 5.41. The maximum absolute atomic E-state index is 13.2. The molecule has 0 aromatic heterocycles. The summed E-state index contributed by atoms with van der Waals surface area (Å²) in [5.74, 6) is -0.255. The molecule has 0 aliphatic carbocycles. The summed E-state index contributed by atoms with van der Waals surface area (Å²) in [5, 5.41) is 0. The minimum atomic E-state index is -0.255. The van der Waals surface area contributed by atoms with Crippen molar-refractivity contribution in [1.82, 2.24) is 9.80 Å². The predicted octanol–water partition coefficient (Wildman–Crippen LogP) is 2.18. The summed E-state index contributed by atoms with van der Waals surface area (Å²) in [4.78, 5) is 4.48. The third kappa shape index (κ3) is 5.47. The molecule has 1 aromatic carbocycles. The third-order valence-electron chi connectivity index (χ3n) is 2.91. The molecule has 0 spiro atoms. The molecule has 3 nitrogen and oxygen atoms in total. The Balaban J connectivity index is 2.51. The van der Waals surface area contributed by atoms with E-state index in [4.69, 9.17) is 5.73 Å². The summed E-state index contributed by atoms with van der Waals surface area (Å²) in [5.41, 5.74) is 7.09. The highest BCUT2D eigenvalue weighted by Crippen LogP contribution is 2.13. The van der Waals surface area contributed by atoms with Crippen LogP contribution in [0, 0.1) is 5.82 Å². The molecule has 2 N–H and O–H groups in total. The van der Waals surface area contributed by atoms with Crippen molar-refractivity contribution in [3.63, 3.8) is 0 Å². The maximum atomic E-state index is 13.2. The summed E-state index contributed by atoms with van der Waals surface area (Å²) < 4.78 is 13.2. The lowest BCUT2D eigenvalue weighted by molar-refractivity contribution is 0.259. The van der Waals surface area contributed by atoms with E-state index in [1.54, 1.807) is 6.07 Å². The first-order valence-corrected chi connectivity index (χ1v) is 6.43. The van der Waals surface area contributed by atoms with Gasteiger partial charge in [0.2, 0.25) is 0 Å². The van der Waals surface area contributed by atoms with Crippen LogP contribution in [0.2, 0.25) is 0 Å². The van der Waals surface area contributed by atoms with Crippen molar-refractivity contribution in [2.45, 2.75) is 19.9 Å². The molecule has 0 atom stereocenters. The number of halogens is 1. The topological polar surface area (TPSA) is 32.5 Å². The summed E-state index contributed by atoms with van der Waals surface area (Å²) in [7, 11) is 4.15. The van der Waals surface area contributed by atoms with E-state index in [1.807, 2.05) is 6.07 Å². The van der Waals surface area contributed by atoms with Gasteiger partial charge in [-0.1, -0.05) is 6.92 Å².